The van der Waals surface area contributed by atoms with Gasteiger partial charge in [-0.1, -0.05) is 11.6 Å². The standard InChI is InChI=1S/C8H10ClN3O/c9-7-2-1-6(12-8(11)13)3-5(7)4-10/h1-3H,4,10H2,(H3,11,12,13). The molecule has 0 aromatic heterocycles. The van der Waals surface area contributed by atoms with Crippen molar-refractivity contribution in [3.63, 3.8) is 0 Å². The van der Waals surface area contributed by atoms with Gasteiger partial charge in [-0.3, -0.25) is 0 Å². The minimum Gasteiger partial charge on any atom is -0.351 e. The van der Waals surface area contributed by atoms with E-state index in [1.165, 1.54) is 0 Å². The molecule has 13 heavy (non-hydrogen) atoms. The van der Waals surface area contributed by atoms with Crippen LogP contribution in [0.25, 0.3) is 0 Å². The number of carbonyl (C=O) groups is 1. The van der Waals surface area contributed by atoms with Crippen LogP contribution < -0.4 is 16.8 Å². The maximum Gasteiger partial charge on any atom is 0.316 e. The van der Waals surface area contributed by atoms with Gasteiger partial charge in [-0.2, -0.15) is 0 Å². The molecule has 0 aliphatic rings. The van der Waals surface area contributed by atoms with Gasteiger partial charge in [0, 0.05) is 17.3 Å². The Labute approximate surface area is 80.9 Å². The molecule has 0 heterocycles. The third kappa shape index (κ3) is 2.61. The Balaban J connectivity index is 2.92. The van der Waals surface area contributed by atoms with Crippen LogP contribution >= 0.6 is 11.6 Å². The first-order valence-electron chi connectivity index (χ1n) is 3.68. The van der Waals surface area contributed by atoms with Gasteiger partial charge in [0.25, 0.3) is 0 Å². The molecule has 1 rings (SSSR count). The van der Waals surface area contributed by atoms with E-state index < -0.39 is 6.03 Å². The van der Waals surface area contributed by atoms with Crippen LogP contribution in [-0.4, -0.2) is 6.03 Å². The highest BCUT2D eigenvalue weighted by Gasteiger charge is 2.01. The van der Waals surface area contributed by atoms with E-state index in [4.69, 9.17) is 23.1 Å². The van der Waals surface area contributed by atoms with E-state index in [1.807, 2.05) is 0 Å². The van der Waals surface area contributed by atoms with Gasteiger partial charge in [0.1, 0.15) is 0 Å². The molecule has 2 amide bonds. The highest BCUT2D eigenvalue weighted by atomic mass is 35.5. The van der Waals surface area contributed by atoms with Gasteiger partial charge >= 0.3 is 6.03 Å². The van der Waals surface area contributed by atoms with Crippen LogP contribution in [0, 0.1) is 0 Å². The Hall–Kier alpha value is -1.26. The zero-order valence-electron chi connectivity index (χ0n) is 6.88. The average molecular weight is 200 g/mol. The summed E-state index contributed by atoms with van der Waals surface area (Å²) in [6.45, 7) is 0.327. The number of hydrogen-bond acceptors (Lipinski definition) is 2. The van der Waals surface area contributed by atoms with E-state index in [-0.39, 0.29) is 0 Å². The number of rotatable bonds is 2. The maximum absolute atomic E-state index is 10.5. The third-order valence-electron chi connectivity index (χ3n) is 1.53. The summed E-state index contributed by atoms with van der Waals surface area (Å²) in [6, 6.07) is 4.40. The van der Waals surface area contributed by atoms with Crippen LogP contribution in [0.4, 0.5) is 10.5 Å². The molecule has 1 aromatic rings. The summed E-state index contributed by atoms with van der Waals surface area (Å²) >= 11 is 5.81. The molecule has 1 aromatic carbocycles. The zero-order chi connectivity index (χ0) is 9.84. The summed E-state index contributed by atoms with van der Waals surface area (Å²) in [5.41, 5.74) is 11.7. The largest absolute Gasteiger partial charge is 0.351 e. The van der Waals surface area contributed by atoms with Crippen molar-refractivity contribution in [2.75, 3.05) is 5.32 Å². The number of urea groups is 1. The molecule has 0 saturated heterocycles. The first kappa shape index (κ1) is 9.83. The molecule has 0 spiro atoms. The number of hydrogen-bond donors (Lipinski definition) is 3. The Morgan fingerprint density at radius 2 is 2.23 bits per heavy atom. The Bertz CT molecular complexity index is 327. The average Bonchev–Trinajstić information content (AvgIpc) is 2.07. The van der Waals surface area contributed by atoms with E-state index >= 15 is 0 Å². The summed E-state index contributed by atoms with van der Waals surface area (Å²) in [6.07, 6.45) is 0. The number of halogens is 1. The number of primary amides is 1. The summed E-state index contributed by atoms with van der Waals surface area (Å²) in [5.74, 6) is 0. The lowest BCUT2D eigenvalue weighted by Crippen LogP contribution is -2.19. The highest BCUT2D eigenvalue weighted by Crippen LogP contribution is 2.19. The van der Waals surface area contributed by atoms with Crippen molar-refractivity contribution in [1.29, 1.82) is 0 Å². The molecule has 0 bridgehead atoms. The minimum atomic E-state index is -0.606. The highest BCUT2D eigenvalue weighted by molar-refractivity contribution is 6.31. The summed E-state index contributed by atoms with van der Waals surface area (Å²) in [7, 11) is 0. The first-order chi connectivity index (χ1) is 6.13. The second-order valence-electron chi connectivity index (χ2n) is 2.50. The maximum atomic E-state index is 10.5. The predicted molar refractivity (Wildman–Crippen MR) is 52.5 cm³/mol. The second-order valence-corrected chi connectivity index (χ2v) is 2.91. The number of nitrogens with two attached hydrogens (primary N) is 2. The Morgan fingerprint density at radius 1 is 1.54 bits per heavy atom. The Kier molecular flexibility index (Phi) is 3.11. The molecule has 0 aliphatic heterocycles. The first-order valence-corrected chi connectivity index (χ1v) is 4.06. The fourth-order valence-electron chi connectivity index (χ4n) is 0.951. The third-order valence-corrected chi connectivity index (χ3v) is 1.90. The van der Waals surface area contributed by atoms with Crippen LogP contribution in [0.3, 0.4) is 0 Å². The molecule has 0 aliphatic carbocycles. The van der Waals surface area contributed by atoms with Crippen molar-refractivity contribution < 1.29 is 4.79 Å². The lowest BCUT2D eigenvalue weighted by atomic mass is 10.2. The molecule has 0 atom stereocenters. The van der Waals surface area contributed by atoms with Crippen molar-refractivity contribution in [2.45, 2.75) is 6.54 Å². The van der Waals surface area contributed by atoms with E-state index in [0.717, 1.165) is 5.56 Å². The second kappa shape index (κ2) is 4.11. The minimum absolute atomic E-state index is 0.327. The van der Waals surface area contributed by atoms with Crippen LogP contribution in [-0.2, 0) is 6.54 Å². The van der Waals surface area contributed by atoms with E-state index in [0.29, 0.717) is 17.3 Å². The van der Waals surface area contributed by atoms with E-state index in [9.17, 15) is 4.79 Å². The normalized spacial score (nSPS) is 9.69. The lowest BCUT2D eigenvalue weighted by molar-refractivity contribution is 0.259. The summed E-state index contributed by atoms with van der Waals surface area (Å²) in [4.78, 5) is 10.5. The van der Waals surface area contributed by atoms with E-state index in [2.05, 4.69) is 5.32 Å². The number of anilines is 1. The van der Waals surface area contributed by atoms with Gasteiger partial charge in [-0.25, -0.2) is 4.79 Å². The van der Waals surface area contributed by atoms with Gasteiger partial charge < -0.3 is 16.8 Å². The Morgan fingerprint density at radius 3 is 2.77 bits per heavy atom. The number of nitrogens with one attached hydrogen (secondary N) is 1. The van der Waals surface area contributed by atoms with Crippen molar-refractivity contribution >= 4 is 23.3 Å². The fraction of sp³-hybridized carbons (Fsp3) is 0.125. The molecule has 0 fully saturated rings. The molecule has 4 nitrogen and oxygen atoms in total. The molecule has 0 saturated carbocycles. The van der Waals surface area contributed by atoms with Gasteiger partial charge in [0.05, 0.1) is 0 Å². The zero-order valence-corrected chi connectivity index (χ0v) is 7.64. The number of benzene rings is 1. The number of amides is 2. The molecule has 5 heteroatoms. The summed E-state index contributed by atoms with van der Waals surface area (Å²) in [5, 5.41) is 3.01. The van der Waals surface area contributed by atoms with Crippen molar-refractivity contribution in [3.8, 4) is 0 Å². The van der Waals surface area contributed by atoms with Gasteiger partial charge in [0.2, 0.25) is 0 Å². The van der Waals surface area contributed by atoms with Crippen molar-refractivity contribution in [1.82, 2.24) is 0 Å². The summed E-state index contributed by atoms with van der Waals surface area (Å²) < 4.78 is 0. The number of carbonyl (C=O) groups excluding carboxylic acids is 1. The fourth-order valence-corrected chi connectivity index (χ4v) is 1.15. The molecular formula is C8H10ClN3O. The van der Waals surface area contributed by atoms with Crippen LogP contribution in [0.2, 0.25) is 5.02 Å². The molecule has 0 radical (unpaired) electrons. The van der Waals surface area contributed by atoms with E-state index in [1.54, 1.807) is 18.2 Å². The SMILES string of the molecule is NCc1cc(NC(N)=O)ccc1Cl. The van der Waals surface area contributed by atoms with Gasteiger partial charge in [-0.15, -0.1) is 0 Å². The lowest BCUT2D eigenvalue weighted by Gasteiger charge is -2.05. The van der Waals surface area contributed by atoms with Crippen LogP contribution in [0.15, 0.2) is 18.2 Å². The quantitative estimate of drug-likeness (QED) is 0.671. The molecule has 0 unspecified atom stereocenters. The predicted octanol–water partition coefficient (Wildman–Crippen LogP) is 1.29. The van der Waals surface area contributed by atoms with Crippen LogP contribution in [0.5, 0.6) is 0 Å². The van der Waals surface area contributed by atoms with Crippen LogP contribution in [0.1, 0.15) is 5.56 Å². The monoisotopic (exact) mass is 199 g/mol. The topological polar surface area (TPSA) is 81.1 Å². The van der Waals surface area contributed by atoms with Crippen molar-refractivity contribution in [2.24, 2.45) is 11.5 Å². The molecular weight excluding hydrogens is 190 g/mol. The molecule has 5 N–H and O–H groups in total. The van der Waals surface area contributed by atoms with Gasteiger partial charge in [0.15, 0.2) is 0 Å². The molecule has 70 valence electrons. The van der Waals surface area contributed by atoms with Gasteiger partial charge in [-0.05, 0) is 23.8 Å². The van der Waals surface area contributed by atoms with Crippen molar-refractivity contribution in [3.05, 3.63) is 28.8 Å². The smallest absolute Gasteiger partial charge is 0.316 e.